The zero-order chi connectivity index (χ0) is 25.8. The van der Waals surface area contributed by atoms with Crippen molar-refractivity contribution in [2.24, 2.45) is 0 Å². The number of hydrogen-bond acceptors (Lipinski definition) is 5. The van der Waals surface area contributed by atoms with E-state index in [1.54, 1.807) is 11.9 Å². The monoisotopic (exact) mass is 520 g/mol. The molecule has 3 N–H and O–H groups in total. The van der Waals surface area contributed by atoms with Gasteiger partial charge in [-0.2, -0.15) is 0 Å². The molecule has 3 aromatic rings. The minimum absolute atomic E-state index is 0.131. The van der Waals surface area contributed by atoms with Crippen molar-refractivity contribution >= 4 is 34.4 Å². The summed E-state index contributed by atoms with van der Waals surface area (Å²) in [7, 11) is 2.08. The summed E-state index contributed by atoms with van der Waals surface area (Å²) < 4.78 is 4.52. The molecule has 1 amide bonds. The fourth-order valence-corrected chi connectivity index (χ4v) is 6.63. The lowest BCUT2D eigenvalue weighted by molar-refractivity contribution is 0.0821. The molecule has 0 spiro atoms. The number of benzene rings is 2. The summed E-state index contributed by atoms with van der Waals surface area (Å²) in [6.07, 6.45) is 9.20. The van der Waals surface area contributed by atoms with E-state index >= 15 is 0 Å². The average Bonchev–Trinajstić information content (AvgIpc) is 3.20. The Bertz CT molecular complexity index is 1210. The van der Waals surface area contributed by atoms with Gasteiger partial charge < -0.3 is 24.6 Å². The highest BCUT2D eigenvalue weighted by molar-refractivity contribution is 8.00. The summed E-state index contributed by atoms with van der Waals surface area (Å²) in [5, 5.41) is 19.2. The molecule has 1 aliphatic heterocycles. The van der Waals surface area contributed by atoms with Crippen molar-refractivity contribution in [2.45, 2.75) is 76.6 Å². The van der Waals surface area contributed by atoms with Gasteiger partial charge in [0.05, 0.1) is 23.3 Å². The van der Waals surface area contributed by atoms with Crippen molar-refractivity contribution in [1.29, 1.82) is 0 Å². The first kappa shape index (κ1) is 26.1. The quantitative estimate of drug-likeness (QED) is 0.349. The standard InChI is InChI=1S/C30H40N4O2S/c1-3-22-20-34-14-15-37-33(2)27-18-23(17-25(22)29(27)34)30(36)32-26(16-21-10-6-4-7-11-21)28(35)19-31-24-12-8-5-9-13-24/h4,6-7,10-11,17-18,20,24,26,28,31,35H,3,5,8-9,12-16,19H2,1-2H3,(H,32,36)/t26-,28+/m0/s1. The second-order valence-corrected chi connectivity index (χ2v) is 11.7. The molecule has 7 heteroatoms. The van der Waals surface area contributed by atoms with E-state index in [1.807, 2.05) is 30.3 Å². The number of aryl methyl sites for hydroxylation is 2. The van der Waals surface area contributed by atoms with Gasteiger partial charge in [0.1, 0.15) is 0 Å². The Morgan fingerprint density at radius 1 is 1.16 bits per heavy atom. The molecule has 1 aliphatic carbocycles. The van der Waals surface area contributed by atoms with Gasteiger partial charge in [-0.3, -0.25) is 4.79 Å². The Morgan fingerprint density at radius 3 is 2.70 bits per heavy atom. The molecule has 1 fully saturated rings. The molecule has 198 valence electrons. The van der Waals surface area contributed by atoms with Crippen LogP contribution in [-0.2, 0) is 19.4 Å². The Morgan fingerprint density at radius 2 is 1.95 bits per heavy atom. The van der Waals surface area contributed by atoms with Gasteiger partial charge in [0, 0.05) is 49.1 Å². The number of anilines is 1. The first-order valence-electron chi connectivity index (χ1n) is 13.8. The van der Waals surface area contributed by atoms with Gasteiger partial charge in [0.2, 0.25) is 0 Å². The van der Waals surface area contributed by atoms with E-state index in [4.69, 9.17) is 0 Å². The van der Waals surface area contributed by atoms with E-state index in [9.17, 15) is 9.90 Å². The van der Waals surface area contributed by atoms with E-state index in [1.165, 1.54) is 30.3 Å². The molecule has 6 nitrogen and oxygen atoms in total. The number of nitrogens with zero attached hydrogens (tertiary/aromatic N) is 2. The van der Waals surface area contributed by atoms with Gasteiger partial charge in [0.15, 0.2) is 0 Å². The van der Waals surface area contributed by atoms with Gasteiger partial charge in [-0.1, -0.05) is 56.5 Å². The molecule has 0 radical (unpaired) electrons. The third-order valence-corrected chi connectivity index (χ3v) is 8.88. The number of rotatable bonds is 9. The van der Waals surface area contributed by atoms with Crippen LogP contribution in [-0.4, -0.2) is 53.1 Å². The van der Waals surface area contributed by atoms with Crippen LogP contribution < -0.4 is 14.9 Å². The predicted molar refractivity (Wildman–Crippen MR) is 154 cm³/mol. The van der Waals surface area contributed by atoms with Gasteiger partial charge in [-0.25, -0.2) is 0 Å². The molecule has 0 bridgehead atoms. The van der Waals surface area contributed by atoms with E-state index in [0.717, 1.165) is 48.2 Å². The van der Waals surface area contributed by atoms with Gasteiger partial charge in [-0.15, -0.1) is 0 Å². The van der Waals surface area contributed by atoms with E-state index in [0.29, 0.717) is 24.6 Å². The number of carbonyl (C=O) groups excluding carboxylic acids is 1. The number of aliphatic hydroxyl groups excluding tert-OH is 1. The maximum atomic E-state index is 13.7. The lowest BCUT2D eigenvalue weighted by Gasteiger charge is -2.28. The topological polar surface area (TPSA) is 69.5 Å². The fourth-order valence-electron chi connectivity index (χ4n) is 5.80. The minimum Gasteiger partial charge on any atom is -0.390 e. The van der Waals surface area contributed by atoms with Crippen LogP contribution in [0.3, 0.4) is 0 Å². The highest BCUT2D eigenvalue weighted by atomic mass is 32.2. The minimum atomic E-state index is -0.679. The van der Waals surface area contributed by atoms with Crippen LogP contribution in [0.4, 0.5) is 5.69 Å². The molecule has 5 rings (SSSR count). The second-order valence-electron chi connectivity index (χ2n) is 10.5. The van der Waals surface area contributed by atoms with Crippen LogP contribution in [0.1, 0.15) is 60.5 Å². The molecule has 1 saturated carbocycles. The van der Waals surface area contributed by atoms with Crippen molar-refractivity contribution in [2.75, 3.05) is 23.7 Å². The van der Waals surface area contributed by atoms with Gasteiger partial charge in [0.25, 0.3) is 5.91 Å². The molecule has 37 heavy (non-hydrogen) atoms. The molecule has 0 saturated heterocycles. The van der Waals surface area contributed by atoms with Crippen molar-refractivity contribution in [3.63, 3.8) is 0 Å². The van der Waals surface area contributed by atoms with E-state index < -0.39 is 6.10 Å². The van der Waals surface area contributed by atoms with Gasteiger partial charge in [-0.05, 0) is 60.9 Å². The van der Waals surface area contributed by atoms with Crippen molar-refractivity contribution < 1.29 is 9.90 Å². The van der Waals surface area contributed by atoms with Crippen LogP contribution in [0.25, 0.3) is 10.9 Å². The normalized spacial score (nSPS) is 18.0. The van der Waals surface area contributed by atoms with Crippen LogP contribution in [0.2, 0.25) is 0 Å². The molecule has 1 aromatic heterocycles. The number of hydrogen-bond donors (Lipinski definition) is 3. The zero-order valence-electron chi connectivity index (χ0n) is 22.1. The summed E-state index contributed by atoms with van der Waals surface area (Å²) in [4.78, 5) is 13.7. The number of aromatic nitrogens is 1. The molecule has 2 heterocycles. The zero-order valence-corrected chi connectivity index (χ0v) is 22.9. The molecule has 0 unspecified atom stereocenters. The first-order valence-corrected chi connectivity index (χ1v) is 14.8. The predicted octanol–water partition coefficient (Wildman–Crippen LogP) is 4.93. The molecular weight excluding hydrogens is 480 g/mol. The fraction of sp³-hybridized carbons (Fsp3) is 0.500. The van der Waals surface area contributed by atoms with Crippen LogP contribution in [0, 0.1) is 0 Å². The summed E-state index contributed by atoms with van der Waals surface area (Å²) in [5.74, 6) is 0.868. The third-order valence-electron chi connectivity index (χ3n) is 7.93. The second kappa shape index (κ2) is 11.9. The van der Waals surface area contributed by atoms with E-state index in [2.05, 4.69) is 51.8 Å². The van der Waals surface area contributed by atoms with Gasteiger partial charge >= 0.3 is 0 Å². The number of aliphatic hydroxyl groups is 1. The van der Waals surface area contributed by atoms with Crippen molar-refractivity contribution in [3.8, 4) is 0 Å². The van der Waals surface area contributed by atoms with Crippen LogP contribution in [0.15, 0.2) is 48.7 Å². The lowest BCUT2D eigenvalue weighted by Crippen LogP contribution is -2.50. The first-order chi connectivity index (χ1) is 18.0. The molecular formula is C30H40N4O2S. The summed E-state index contributed by atoms with van der Waals surface area (Å²) in [6, 6.07) is 14.2. The summed E-state index contributed by atoms with van der Waals surface area (Å²) in [6.45, 7) is 3.61. The maximum absolute atomic E-state index is 13.7. The Balaban J connectivity index is 1.39. The number of carbonyl (C=O) groups is 1. The number of amides is 1. The maximum Gasteiger partial charge on any atom is 0.251 e. The van der Waals surface area contributed by atoms with E-state index in [-0.39, 0.29) is 11.9 Å². The van der Waals surface area contributed by atoms with Crippen molar-refractivity contribution in [3.05, 3.63) is 65.4 Å². The Hall–Kier alpha value is -2.48. The Kier molecular flexibility index (Phi) is 8.43. The summed E-state index contributed by atoms with van der Waals surface area (Å²) >= 11 is 1.78. The molecule has 2 atom stereocenters. The molecule has 2 aromatic carbocycles. The smallest absolute Gasteiger partial charge is 0.251 e. The number of nitrogens with one attached hydrogen (secondary N) is 2. The van der Waals surface area contributed by atoms with Crippen LogP contribution >= 0.6 is 11.9 Å². The average molecular weight is 521 g/mol. The lowest BCUT2D eigenvalue weighted by atomic mass is 9.94. The highest BCUT2D eigenvalue weighted by Crippen LogP contribution is 2.37. The largest absolute Gasteiger partial charge is 0.390 e. The Labute approximate surface area is 224 Å². The summed E-state index contributed by atoms with van der Waals surface area (Å²) in [5.41, 5.74) is 5.30. The third kappa shape index (κ3) is 6.00. The van der Waals surface area contributed by atoms with Crippen molar-refractivity contribution in [1.82, 2.24) is 15.2 Å². The van der Waals surface area contributed by atoms with Crippen LogP contribution in [0.5, 0.6) is 0 Å². The SMILES string of the molecule is CCc1cn2c3c(cc(C(=O)N[C@@H](Cc4ccccc4)[C@H](O)CNC4CCCCC4)cc13)N(C)SCC2. The highest BCUT2D eigenvalue weighted by Gasteiger charge is 2.26. The molecule has 2 aliphatic rings.